The van der Waals surface area contributed by atoms with Gasteiger partial charge in [0.25, 0.3) is 0 Å². The second-order valence-electron chi connectivity index (χ2n) is 5.78. The van der Waals surface area contributed by atoms with Crippen molar-refractivity contribution >= 4 is 5.78 Å². The summed E-state index contributed by atoms with van der Waals surface area (Å²) in [4.78, 5) is 12.9. The molecule has 3 rings (SSSR count). The summed E-state index contributed by atoms with van der Waals surface area (Å²) in [6, 6.07) is 9.54. The topological polar surface area (TPSA) is 26.3 Å². The van der Waals surface area contributed by atoms with E-state index in [1.54, 1.807) is 0 Å². The smallest absolute Gasteiger partial charge is 0.173 e. The first-order chi connectivity index (χ1) is 9.64. The highest BCUT2D eigenvalue weighted by Gasteiger charge is 2.47. The minimum absolute atomic E-state index is 0.0429. The standard InChI is InChI=1S/C18H20O2/c1-3-7-14-12-15-10-11-18(2,20-15)16(14)17(19)13-8-5-4-6-9-13/h4-6,8-12,15-16H,3,7H2,1-2H3/t15-,16-,18+/m0/s1. The lowest BCUT2D eigenvalue weighted by atomic mass is 9.76. The van der Waals surface area contributed by atoms with Crippen molar-refractivity contribution < 1.29 is 9.53 Å². The number of benzene rings is 1. The number of carbonyl (C=O) groups is 1. The zero-order valence-corrected chi connectivity index (χ0v) is 12.0. The number of ketones is 1. The molecule has 2 aliphatic heterocycles. The molecule has 20 heavy (non-hydrogen) atoms. The Hall–Kier alpha value is -1.67. The van der Waals surface area contributed by atoms with Crippen LogP contribution in [-0.4, -0.2) is 17.5 Å². The zero-order valence-electron chi connectivity index (χ0n) is 12.0. The molecule has 0 amide bonds. The Balaban J connectivity index is 2.00. The third-order valence-corrected chi connectivity index (χ3v) is 4.19. The van der Waals surface area contributed by atoms with Crippen LogP contribution < -0.4 is 0 Å². The summed E-state index contributed by atoms with van der Waals surface area (Å²) in [5.74, 6) is -0.0300. The van der Waals surface area contributed by atoms with Gasteiger partial charge in [0.05, 0.1) is 17.6 Å². The van der Waals surface area contributed by atoms with Gasteiger partial charge in [0.1, 0.15) is 0 Å². The third kappa shape index (κ3) is 2.14. The number of hydrogen-bond donors (Lipinski definition) is 0. The Morgan fingerprint density at radius 2 is 2.05 bits per heavy atom. The minimum Gasteiger partial charge on any atom is -0.359 e. The fraction of sp³-hybridized carbons (Fsp3) is 0.389. The summed E-state index contributed by atoms with van der Waals surface area (Å²) in [5.41, 5.74) is 1.50. The predicted octanol–water partition coefficient (Wildman–Crippen LogP) is 3.94. The van der Waals surface area contributed by atoms with E-state index in [1.165, 1.54) is 5.57 Å². The monoisotopic (exact) mass is 268 g/mol. The molecule has 1 aromatic carbocycles. The van der Waals surface area contributed by atoms with E-state index in [9.17, 15) is 4.79 Å². The van der Waals surface area contributed by atoms with Crippen LogP contribution in [0.5, 0.6) is 0 Å². The highest BCUT2D eigenvalue weighted by Crippen LogP contribution is 2.43. The SMILES string of the molecule is CCCC1=C[C@@H]2C=C[C@@](C)(O2)[C@@H]1C(=O)c1ccccc1. The van der Waals surface area contributed by atoms with Crippen LogP contribution in [0.2, 0.25) is 0 Å². The normalized spacial score (nSPS) is 31.2. The fourth-order valence-corrected chi connectivity index (χ4v) is 3.30. The van der Waals surface area contributed by atoms with Crippen molar-refractivity contribution in [2.45, 2.75) is 38.4 Å². The molecule has 0 radical (unpaired) electrons. The summed E-state index contributed by atoms with van der Waals surface area (Å²) in [5, 5.41) is 0. The Morgan fingerprint density at radius 1 is 1.30 bits per heavy atom. The average Bonchev–Trinajstić information content (AvgIpc) is 2.76. The molecular weight excluding hydrogens is 248 g/mol. The van der Waals surface area contributed by atoms with E-state index in [2.05, 4.69) is 25.2 Å². The van der Waals surface area contributed by atoms with Gasteiger partial charge in [-0.2, -0.15) is 0 Å². The van der Waals surface area contributed by atoms with Crippen LogP contribution in [0.15, 0.2) is 54.1 Å². The van der Waals surface area contributed by atoms with Crippen molar-refractivity contribution in [3.05, 3.63) is 59.7 Å². The quantitative estimate of drug-likeness (QED) is 0.610. The number of carbonyl (C=O) groups excluding carboxylic acids is 1. The first kappa shape index (κ1) is 13.3. The van der Waals surface area contributed by atoms with Gasteiger partial charge in [-0.25, -0.2) is 0 Å². The van der Waals surface area contributed by atoms with E-state index < -0.39 is 5.60 Å². The average molecular weight is 268 g/mol. The van der Waals surface area contributed by atoms with Crippen LogP contribution in [0.3, 0.4) is 0 Å². The number of Topliss-reactive ketones (excluding diaryl/α,β-unsaturated/α-hetero) is 1. The van der Waals surface area contributed by atoms with Crippen molar-refractivity contribution in [2.24, 2.45) is 5.92 Å². The van der Waals surface area contributed by atoms with Crippen molar-refractivity contribution in [3.63, 3.8) is 0 Å². The molecule has 0 spiro atoms. The first-order valence-electron chi connectivity index (χ1n) is 7.31. The van der Waals surface area contributed by atoms with Gasteiger partial charge in [-0.3, -0.25) is 4.79 Å². The summed E-state index contributed by atoms with van der Waals surface area (Å²) < 4.78 is 6.01. The highest BCUT2D eigenvalue weighted by atomic mass is 16.5. The summed E-state index contributed by atoms with van der Waals surface area (Å²) in [7, 11) is 0. The molecule has 2 bridgehead atoms. The van der Waals surface area contributed by atoms with Crippen LogP contribution >= 0.6 is 0 Å². The summed E-state index contributed by atoms with van der Waals surface area (Å²) >= 11 is 0. The Kier molecular flexibility index (Phi) is 3.35. The molecule has 104 valence electrons. The molecule has 2 aliphatic rings. The molecule has 0 fully saturated rings. The maximum atomic E-state index is 12.9. The second kappa shape index (κ2) is 5.02. The van der Waals surface area contributed by atoms with E-state index in [4.69, 9.17) is 4.74 Å². The van der Waals surface area contributed by atoms with E-state index in [1.807, 2.05) is 37.3 Å². The van der Waals surface area contributed by atoms with Crippen LogP contribution in [0, 0.1) is 5.92 Å². The van der Waals surface area contributed by atoms with Gasteiger partial charge in [0, 0.05) is 5.56 Å². The maximum absolute atomic E-state index is 12.9. The Labute approximate surface area is 120 Å². The van der Waals surface area contributed by atoms with Crippen molar-refractivity contribution in [1.82, 2.24) is 0 Å². The summed E-state index contributed by atoms with van der Waals surface area (Å²) in [6.45, 7) is 4.18. The maximum Gasteiger partial charge on any atom is 0.173 e. The molecule has 0 unspecified atom stereocenters. The van der Waals surface area contributed by atoms with Gasteiger partial charge in [-0.1, -0.05) is 67.5 Å². The molecule has 0 saturated heterocycles. The van der Waals surface area contributed by atoms with E-state index in [0.717, 1.165) is 18.4 Å². The van der Waals surface area contributed by atoms with Crippen LogP contribution in [0.25, 0.3) is 0 Å². The summed E-state index contributed by atoms with van der Waals surface area (Å²) in [6.07, 6.45) is 8.30. The molecule has 2 nitrogen and oxygen atoms in total. The lowest BCUT2D eigenvalue weighted by Crippen LogP contribution is -2.43. The van der Waals surface area contributed by atoms with Gasteiger partial charge >= 0.3 is 0 Å². The van der Waals surface area contributed by atoms with Gasteiger partial charge in [-0.15, -0.1) is 0 Å². The molecule has 2 heterocycles. The molecule has 0 saturated carbocycles. The number of rotatable bonds is 4. The first-order valence-corrected chi connectivity index (χ1v) is 7.31. The van der Waals surface area contributed by atoms with E-state index in [0.29, 0.717) is 0 Å². The molecule has 0 aromatic heterocycles. The number of fused-ring (bicyclic) bond motifs is 2. The van der Waals surface area contributed by atoms with E-state index >= 15 is 0 Å². The van der Waals surface area contributed by atoms with Gasteiger partial charge < -0.3 is 4.74 Å². The van der Waals surface area contributed by atoms with Crippen molar-refractivity contribution in [2.75, 3.05) is 0 Å². The highest BCUT2D eigenvalue weighted by molar-refractivity contribution is 6.00. The fourth-order valence-electron chi connectivity index (χ4n) is 3.30. The minimum atomic E-state index is -0.489. The third-order valence-electron chi connectivity index (χ3n) is 4.19. The lowest BCUT2D eigenvalue weighted by Gasteiger charge is -2.38. The second-order valence-corrected chi connectivity index (χ2v) is 5.78. The van der Waals surface area contributed by atoms with E-state index in [-0.39, 0.29) is 17.8 Å². The molecule has 2 heteroatoms. The zero-order chi connectivity index (χ0) is 14.2. The van der Waals surface area contributed by atoms with Gasteiger partial charge in [0.15, 0.2) is 5.78 Å². The molecule has 1 aromatic rings. The van der Waals surface area contributed by atoms with Crippen LogP contribution in [0.1, 0.15) is 37.0 Å². The van der Waals surface area contributed by atoms with Crippen LogP contribution in [-0.2, 0) is 4.74 Å². The molecule has 0 N–H and O–H groups in total. The molecular formula is C18H20O2. The van der Waals surface area contributed by atoms with Crippen molar-refractivity contribution in [1.29, 1.82) is 0 Å². The van der Waals surface area contributed by atoms with Crippen molar-refractivity contribution in [3.8, 4) is 0 Å². The Morgan fingerprint density at radius 3 is 2.75 bits per heavy atom. The van der Waals surface area contributed by atoms with Gasteiger partial charge in [-0.05, 0) is 13.3 Å². The Bertz CT molecular complexity index is 570. The number of hydrogen-bond acceptors (Lipinski definition) is 2. The molecule has 3 atom stereocenters. The van der Waals surface area contributed by atoms with Crippen LogP contribution in [0.4, 0.5) is 0 Å². The largest absolute Gasteiger partial charge is 0.359 e. The lowest BCUT2D eigenvalue weighted by molar-refractivity contribution is -0.0285. The van der Waals surface area contributed by atoms with Gasteiger partial charge in [0.2, 0.25) is 0 Å². The predicted molar refractivity (Wildman–Crippen MR) is 79.7 cm³/mol. The molecule has 0 aliphatic carbocycles. The number of ether oxygens (including phenoxy) is 1.